The van der Waals surface area contributed by atoms with E-state index in [0.717, 1.165) is 16.3 Å². The average Bonchev–Trinajstić information content (AvgIpc) is 3.37. The maximum absolute atomic E-state index is 12.4. The van der Waals surface area contributed by atoms with Gasteiger partial charge in [-0.15, -0.1) is 22.7 Å². The third-order valence-electron chi connectivity index (χ3n) is 3.97. The van der Waals surface area contributed by atoms with Gasteiger partial charge in [-0.2, -0.15) is 0 Å². The molecular weight excluding hydrogens is 420 g/mol. The first-order chi connectivity index (χ1) is 14.6. The Morgan fingerprint density at radius 3 is 2.73 bits per heavy atom. The van der Waals surface area contributed by atoms with Gasteiger partial charge >= 0.3 is 0 Å². The van der Waals surface area contributed by atoms with Gasteiger partial charge in [0.2, 0.25) is 5.91 Å². The van der Waals surface area contributed by atoms with Crippen molar-refractivity contribution < 1.29 is 9.59 Å². The molecule has 0 bridgehead atoms. The highest BCUT2D eigenvalue weighted by Crippen LogP contribution is 2.24. The average molecular weight is 437 g/mol. The molecule has 10 heteroatoms. The molecule has 4 rings (SSSR count). The Kier molecular flexibility index (Phi) is 5.87. The molecule has 8 nitrogen and oxygen atoms in total. The molecule has 0 saturated heterocycles. The predicted octanol–water partition coefficient (Wildman–Crippen LogP) is 3.80. The molecular formula is C20H16N6O2S2. The van der Waals surface area contributed by atoms with Crippen molar-refractivity contribution in [1.29, 1.82) is 0 Å². The monoisotopic (exact) mass is 436 g/mol. The fourth-order valence-corrected chi connectivity index (χ4v) is 3.97. The quantitative estimate of drug-likeness (QED) is 0.476. The largest absolute Gasteiger partial charge is 0.326 e. The minimum atomic E-state index is -0.400. The summed E-state index contributed by atoms with van der Waals surface area (Å²) in [5.41, 5.74) is 3.28. The number of carbonyl (C=O) groups is 2. The van der Waals surface area contributed by atoms with Gasteiger partial charge in [0.1, 0.15) is 5.69 Å². The lowest BCUT2D eigenvalue weighted by molar-refractivity contribution is -0.115. The molecule has 30 heavy (non-hydrogen) atoms. The molecule has 0 spiro atoms. The van der Waals surface area contributed by atoms with Gasteiger partial charge in [0.05, 0.1) is 29.0 Å². The van der Waals surface area contributed by atoms with E-state index in [1.54, 1.807) is 16.7 Å². The minimum Gasteiger partial charge on any atom is -0.326 e. The highest BCUT2D eigenvalue weighted by atomic mass is 32.1. The van der Waals surface area contributed by atoms with Gasteiger partial charge in [-0.3, -0.25) is 19.9 Å². The predicted molar refractivity (Wildman–Crippen MR) is 117 cm³/mol. The summed E-state index contributed by atoms with van der Waals surface area (Å²) in [5.74, 6) is -0.596. The zero-order chi connectivity index (χ0) is 20.9. The molecule has 0 aliphatic rings. The number of hydrogen-bond donors (Lipinski definition) is 2. The van der Waals surface area contributed by atoms with Crippen LogP contribution in [0.2, 0.25) is 0 Å². The third kappa shape index (κ3) is 4.91. The molecule has 1 aromatic carbocycles. The van der Waals surface area contributed by atoms with Crippen LogP contribution >= 0.6 is 22.7 Å². The van der Waals surface area contributed by atoms with E-state index in [4.69, 9.17) is 0 Å². The van der Waals surface area contributed by atoms with Crippen LogP contribution < -0.4 is 10.6 Å². The fraction of sp³-hybridized carbons (Fsp3) is 0.100. The maximum atomic E-state index is 12.4. The molecule has 3 heterocycles. The Balaban J connectivity index is 1.36. The van der Waals surface area contributed by atoms with Crippen LogP contribution in [0.3, 0.4) is 0 Å². The van der Waals surface area contributed by atoms with E-state index >= 15 is 0 Å². The lowest BCUT2D eigenvalue weighted by atomic mass is 10.1. The molecule has 2 N–H and O–H groups in total. The van der Waals surface area contributed by atoms with Crippen LogP contribution in [0, 0.1) is 6.92 Å². The van der Waals surface area contributed by atoms with Crippen LogP contribution in [-0.4, -0.2) is 31.8 Å². The lowest BCUT2D eigenvalue weighted by Gasteiger charge is -2.06. The van der Waals surface area contributed by atoms with E-state index in [2.05, 4.69) is 30.6 Å². The molecule has 150 valence electrons. The number of rotatable bonds is 6. The zero-order valence-electron chi connectivity index (χ0n) is 15.8. The van der Waals surface area contributed by atoms with Gasteiger partial charge in [-0.1, -0.05) is 12.1 Å². The Hall–Kier alpha value is -3.50. The Morgan fingerprint density at radius 2 is 1.97 bits per heavy atom. The number of anilines is 2. The van der Waals surface area contributed by atoms with E-state index in [0.29, 0.717) is 16.5 Å². The van der Waals surface area contributed by atoms with Gasteiger partial charge in [0.25, 0.3) is 5.91 Å². The molecule has 0 aliphatic heterocycles. The Morgan fingerprint density at radius 1 is 1.07 bits per heavy atom. The number of benzene rings is 1. The van der Waals surface area contributed by atoms with E-state index < -0.39 is 5.91 Å². The van der Waals surface area contributed by atoms with Crippen LogP contribution in [0.25, 0.3) is 11.3 Å². The molecule has 4 aromatic rings. The number of nitrogens with zero attached hydrogens (tertiary/aromatic N) is 4. The van der Waals surface area contributed by atoms with Crippen molar-refractivity contribution in [2.75, 3.05) is 10.6 Å². The van der Waals surface area contributed by atoms with Crippen molar-refractivity contribution in [3.63, 3.8) is 0 Å². The van der Waals surface area contributed by atoms with Crippen LogP contribution in [0.5, 0.6) is 0 Å². The second-order valence-corrected chi connectivity index (χ2v) is 8.17. The van der Waals surface area contributed by atoms with Gasteiger partial charge in [-0.05, 0) is 19.1 Å². The van der Waals surface area contributed by atoms with Gasteiger partial charge in [0.15, 0.2) is 5.13 Å². The summed E-state index contributed by atoms with van der Waals surface area (Å²) < 4.78 is 0. The number of aromatic nitrogens is 4. The van der Waals surface area contributed by atoms with Crippen molar-refractivity contribution in [3.8, 4) is 11.3 Å². The molecule has 0 aliphatic carbocycles. The minimum absolute atomic E-state index is 0.0948. The number of thiazole rings is 2. The molecule has 3 aromatic heterocycles. The SMILES string of the molecule is Cc1nc(-c2cccc(NC(=O)Cc3csc(NC(=O)c4cnccn4)n3)c2)cs1. The van der Waals surface area contributed by atoms with Crippen molar-refractivity contribution >= 4 is 45.3 Å². The molecule has 0 fully saturated rings. The number of hydrogen-bond acceptors (Lipinski definition) is 8. The summed E-state index contributed by atoms with van der Waals surface area (Å²) >= 11 is 2.83. The van der Waals surface area contributed by atoms with E-state index in [1.807, 2.05) is 36.6 Å². The van der Waals surface area contributed by atoms with E-state index in [-0.39, 0.29) is 18.0 Å². The molecule has 0 radical (unpaired) electrons. The maximum Gasteiger partial charge on any atom is 0.277 e. The summed E-state index contributed by atoms with van der Waals surface area (Å²) in [6, 6.07) is 7.55. The van der Waals surface area contributed by atoms with Crippen molar-refractivity contribution in [3.05, 3.63) is 70.0 Å². The highest BCUT2D eigenvalue weighted by Gasteiger charge is 2.13. The van der Waals surface area contributed by atoms with Gasteiger partial charge in [-0.25, -0.2) is 15.0 Å². The van der Waals surface area contributed by atoms with Crippen LogP contribution in [0.1, 0.15) is 21.2 Å². The molecule has 0 saturated carbocycles. The fourth-order valence-electron chi connectivity index (χ4n) is 2.65. The second-order valence-electron chi connectivity index (χ2n) is 6.25. The molecule has 0 atom stereocenters. The summed E-state index contributed by atoms with van der Waals surface area (Å²) in [4.78, 5) is 41.1. The third-order valence-corrected chi connectivity index (χ3v) is 5.55. The first-order valence-electron chi connectivity index (χ1n) is 8.91. The van der Waals surface area contributed by atoms with Crippen LogP contribution in [0.15, 0.2) is 53.6 Å². The number of amides is 2. The van der Waals surface area contributed by atoms with Crippen LogP contribution in [0.4, 0.5) is 10.8 Å². The summed E-state index contributed by atoms with van der Waals surface area (Å²) in [5, 5.41) is 10.6. The Bertz CT molecular complexity index is 1190. The summed E-state index contributed by atoms with van der Waals surface area (Å²) in [6.07, 6.45) is 4.40. The number of nitrogens with one attached hydrogen (secondary N) is 2. The summed E-state index contributed by atoms with van der Waals surface area (Å²) in [6.45, 7) is 1.96. The lowest BCUT2D eigenvalue weighted by Crippen LogP contribution is -2.15. The zero-order valence-corrected chi connectivity index (χ0v) is 17.5. The van der Waals surface area contributed by atoms with Gasteiger partial charge in [0, 0.05) is 34.4 Å². The number of aryl methyl sites for hydroxylation is 1. The highest BCUT2D eigenvalue weighted by molar-refractivity contribution is 7.14. The topological polar surface area (TPSA) is 110 Å². The summed E-state index contributed by atoms with van der Waals surface area (Å²) in [7, 11) is 0. The normalized spacial score (nSPS) is 10.6. The van der Waals surface area contributed by atoms with Crippen molar-refractivity contribution in [2.24, 2.45) is 0 Å². The first-order valence-corrected chi connectivity index (χ1v) is 10.7. The standard InChI is InChI=1S/C20H16N6O2S2/c1-12-23-17(11-29-12)13-3-2-4-14(7-13)24-18(27)8-15-10-30-20(25-15)26-19(28)16-9-21-5-6-22-16/h2-7,9-11H,8H2,1H3,(H,24,27)(H,25,26,28). The molecule has 2 amide bonds. The second kappa shape index (κ2) is 8.89. The molecule has 0 unspecified atom stereocenters. The van der Waals surface area contributed by atoms with Crippen molar-refractivity contribution in [1.82, 2.24) is 19.9 Å². The van der Waals surface area contributed by atoms with Crippen LogP contribution in [-0.2, 0) is 11.2 Å². The van der Waals surface area contributed by atoms with Gasteiger partial charge < -0.3 is 5.32 Å². The Labute approximate surface area is 180 Å². The van der Waals surface area contributed by atoms with E-state index in [1.165, 1.54) is 29.9 Å². The smallest absolute Gasteiger partial charge is 0.277 e. The van der Waals surface area contributed by atoms with E-state index in [9.17, 15) is 9.59 Å². The first kappa shape index (κ1) is 19.8. The number of carbonyl (C=O) groups excluding carboxylic acids is 2. The van der Waals surface area contributed by atoms with Crippen molar-refractivity contribution in [2.45, 2.75) is 13.3 Å².